The molecule has 3 rings (SSSR count). The van der Waals surface area contributed by atoms with E-state index in [1.165, 1.54) is 56.7 Å². The Hall–Kier alpha value is -3.37. The molecule has 0 spiro atoms. The number of halogens is 1. The predicted molar refractivity (Wildman–Crippen MR) is 126 cm³/mol. The quantitative estimate of drug-likeness (QED) is 0.322. The molecule has 0 aliphatic carbocycles. The van der Waals surface area contributed by atoms with Gasteiger partial charge in [0.1, 0.15) is 11.5 Å². The lowest BCUT2D eigenvalue weighted by Gasteiger charge is -2.11. The van der Waals surface area contributed by atoms with Crippen LogP contribution in [0.15, 0.2) is 76.1 Å². The molecule has 10 heteroatoms. The number of carbonyl (C=O) groups is 2. The largest absolute Gasteiger partial charge is 0.497 e. The van der Waals surface area contributed by atoms with Crippen LogP contribution in [0.4, 0.5) is 5.69 Å². The number of nitrogens with one attached hydrogen (secondary N) is 1. The molecular formula is C23H20BrNO7S. The molecule has 0 fully saturated rings. The molecule has 0 saturated carbocycles. The third-order valence-corrected chi connectivity index (χ3v) is 6.46. The van der Waals surface area contributed by atoms with Crippen LogP contribution in [0.5, 0.6) is 11.5 Å². The van der Waals surface area contributed by atoms with Crippen molar-refractivity contribution in [2.24, 2.45) is 0 Å². The third-order valence-electron chi connectivity index (χ3n) is 4.54. The standard InChI is InChI=1S/C23H20BrNO7S/c1-30-18-9-12-22(31-2)20(13-18)21(26)14-32-23(27)15-3-7-17(8-4-15)25-33(28,29)19-10-5-16(24)6-11-19/h3-13,25H,14H2,1-2H3. The zero-order chi connectivity index (χ0) is 24.0. The van der Waals surface area contributed by atoms with E-state index < -0.39 is 28.4 Å². The highest BCUT2D eigenvalue weighted by Crippen LogP contribution is 2.25. The van der Waals surface area contributed by atoms with Crippen LogP contribution in [0.3, 0.4) is 0 Å². The number of hydrogen-bond acceptors (Lipinski definition) is 7. The Morgan fingerprint density at radius 2 is 1.58 bits per heavy atom. The summed E-state index contributed by atoms with van der Waals surface area (Å²) < 4.78 is 43.5. The van der Waals surface area contributed by atoms with Crippen molar-refractivity contribution in [2.45, 2.75) is 4.90 Å². The lowest BCUT2D eigenvalue weighted by Crippen LogP contribution is -2.15. The molecule has 1 N–H and O–H groups in total. The molecule has 0 aliphatic rings. The Kier molecular flexibility index (Phi) is 7.72. The van der Waals surface area contributed by atoms with Crippen molar-refractivity contribution in [3.8, 4) is 11.5 Å². The number of Topliss-reactive ketones (excluding diaryl/α,β-unsaturated/α-hetero) is 1. The first-order valence-corrected chi connectivity index (χ1v) is 11.8. The molecule has 3 aromatic carbocycles. The first-order chi connectivity index (χ1) is 15.7. The highest BCUT2D eigenvalue weighted by molar-refractivity contribution is 9.10. The van der Waals surface area contributed by atoms with Crippen molar-refractivity contribution in [1.29, 1.82) is 0 Å². The highest BCUT2D eigenvalue weighted by atomic mass is 79.9. The first kappa shape index (κ1) is 24.3. The SMILES string of the molecule is COc1ccc(OC)c(C(=O)COC(=O)c2ccc(NS(=O)(=O)c3ccc(Br)cc3)cc2)c1. The van der Waals surface area contributed by atoms with Crippen LogP contribution in [0.2, 0.25) is 0 Å². The Bertz CT molecular complexity index is 1260. The minimum atomic E-state index is -3.78. The fraction of sp³-hybridized carbons (Fsp3) is 0.130. The smallest absolute Gasteiger partial charge is 0.338 e. The van der Waals surface area contributed by atoms with Gasteiger partial charge in [-0.15, -0.1) is 0 Å². The van der Waals surface area contributed by atoms with E-state index in [2.05, 4.69) is 20.7 Å². The summed E-state index contributed by atoms with van der Waals surface area (Å²) in [6.45, 7) is -0.500. The number of ether oxygens (including phenoxy) is 3. The maximum absolute atomic E-state index is 12.5. The minimum Gasteiger partial charge on any atom is -0.497 e. The number of sulfonamides is 1. The van der Waals surface area contributed by atoms with E-state index in [1.54, 1.807) is 24.3 Å². The van der Waals surface area contributed by atoms with Gasteiger partial charge in [-0.3, -0.25) is 9.52 Å². The Morgan fingerprint density at radius 1 is 0.909 bits per heavy atom. The van der Waals surface area contributed by atoms with Gasteiger partial charge < -0.3 is 14.2 Å². The van der Waals surface area contributed by atoms with Crippen molar-refractivity contribution in [2.75, 3.05) is 25.5 Å². The molecule has 0 heterocycles. The number of ketones is 1. The van der Waals surface area contributed by atoms with Gasteiger partial charge in [0, 0.05) is 10.2 Å². The van der Waals surface area contributed by atoms with Gasteiger partial charge in [0.2, 0.25) is 5.78 Å². The summed E-state index contributed by atoms with van der Waals surface area (Å²) in [6, 6.07) is 16.6. The van der Waals surface area contributed by atoms with Crippen LogP contribution >= 0.6 is 15.9 Å². The molecule has 0 amide bonds. The van der Waals surface area contributed by atoms with Crippen LogP contribution in [0, 0.1) is 0 Å². The summed E-state index contributed by atoms with van der Waals surface area (Å²) in [4.78, 5) is 24.9. The third kappa shape index (κ3) is 6.11. The monoisotopic (exact) mass is 533 g/mol. The van der Waals surface area contributed by atoms with E-state index in [0.29, 0.717) is 11.5 Å². The minimum absolute atomic E-state index is 0.0978. The first-order valence-electron chi connectivity index (χ1n) is 9.54. The Morgan fingerprint density at radius 3 is 2.18 bits per heavy atom. The summed E-state index contributed by atoms with van der Waals surface area (Å²) in [7, 11) is -0.883. The second-order valence-corrected chi connectivity index (χ2v) is 9.30. The van der Waals surface area contributed by atoms with Crippen molar-refractivity contribution in [3.05, 3.63) is 82.3 Å². The van der Waals surface area contributed by atoms with Crippen molar-refractivity contribution < 1.29 is 32.2 Å². The van der Waals surface area contributed by atoms with Crippen LogP contribution in [-0.4, -0.2) is 41.0 Å². The summed E-state index contributed by atoms with van der Waals surface area (Å²) in [5, 5.41) is 0. The number of hydrogen-bond donors (Lipinski definition) is 1. The molecule has 0 saturated heterocycles. The van der Waals surface area contributed by atoms with E-state index in [4.69, 9.17) is 14.2 Å². The van der Waals surface area contributed by atoms with Gasteiger partial charge in [-0.1, -0.05) is 15.9 Å². The lowest BCUT2D eigenvalue weighted by atomic mass is 10.1. The molecule has 0 aromatic heterocycles. The van der Waals surface area contributed by atoms with Crippen LogP contribution in [0.1, 0.15) is 20.7 Å². The van der Waals surface area contributed by atoms with Gasteiger partial charge in [0.15, 0.2) is 6.61 Å². The molecule has 172 valence electrons. The predicted octanol–water partition coefficient (Wildman–Crippen LogP) is 4.31. The van der Waals surface area contributed by atoms with Gasteiger partial charge in [-0.25, -0.2) is 13.2 Å². The Balaban J connectivity index is 1.64. The van der Waals surface area contributed by atoms with Crippen molar-refractivity contribution >= 4 is 43.4 Å². The maximum atomic E-state index is 12.5. The molecule has 8 nitrogen and oxygen atoms in total. The summed E-state index contributed by atoms with van der Waals surface area (Å²) >= 11 is 3.26. The summed E-state index contributed by atoms with van der Waals surface area (Å²) in [5.41, 5.74) is 0.654. The van der Waals surface area contributed by atoms with Crippen molar-refractivity contribution in [3.63, 3.8) is 0 Å². The van der Waals surface area contributed by atoms with Gasteiger partial charge in [0.25, 0.3) is 10.0 Å². The number of rotatable bonds is 9. The molecule has 33 heavy (non-hydrogen) atoms. The number of benzene rings is 3. The average molecular weight is 534 g/mol. The molecule has 0 unspecified atom stereocenters. The molecular weight excluding hydrogens is 514 g/mol. The molecule has 0 bridgehead atoms. The van der Waals surface area contributed by atoms with E-state index in [-0.39, 0.29) is 21.7 Å². The topological polar surface area (TPSA) is 108 Å². The van der Waals surface area contributed by atoms with Crippen LogP contribution in [0.25, 0.3) is 0 Å². The average Bonchev–Trinajstić information content (AvgIpc) is 2.82. The lowest BCUT2D eigenvalue weighted by molar-refractivity contribution is 0.0474. The maximum Gasteiger partial charge on any atom is 0.338 e. The second kappa shape index (κ2) is 10.5. The molecule has 0 atom stereocenters. The number of anilines is 1. The number of carbonyl (C=O) groups excluding carboxylic acids is 2. The van der Waals surface area contributed by atoms with E-state index in [1.807, 2.05) is 0 Å². The van der Waals surface area contributed by atoms with Gasteiger partial charge in [0.05, 0.1) is 30.2 Å². The fourth-order valence-corrected chi connectivity index (χ4v) is 4.15. The molecule has 0 aliphatic heterocycles. The van der Waals surface area contributed by atoms with Crippen LogP contribution < -0.4 is 14.2 Å². The second-order valence-electron chi connectivity index (χ2n) is 6.70. The van der Waals surface area contributed by atoms with E-state index in [0.717, 1.165) is 4.47 Å². The van der Waals surface area contributed by atoms with E-state index in [9.17, 15) is 18.0 Å². The molecule has 0 radical (unpaired) electrons. The number of esters is 1. The summed E-state index contributed by atoms with van der Waals surface area (Å²) in [6.07, 6.45) is 0. The van der Waals surface area contributed by atoms with Crippen LogP contribution in [-0.2, 0) is 14.8 Å². The van der Waals surface area contributed by atoms with E-state index >= 15 is 0 Å². The van der Waals surface area contributed by atoms with Gasteiger partial charge in [-0.05, 0) is 66.7 Å². The van der Waals surface area contributed by atoms with Gasteiger partial charge >= 0.3 is 5.97 Å². The van der Waals surface area contributed by atoms with Crippen molar-refractivity contribution in [1.82, 2.24) is 0 Å². The normalized spacial score (nSPS) is 10.9. The summed E-state index contributed by atoms with van der Waals surface area (Å²) in [5.74, 6) is -0.392. The zero-order valence-corrected chi connectivity index (χ0v) is 20.1. The molecule has 3 aromatic rings. The van der Waals surface area contributed by atoms with Gasteiger partial charge in [-0.2, -0.15) is 0 Å². The number of methoxy groups -OCH3 is 2. The fourth-order valence-electron chi connectivity index (χ4n) is 2.83. The zero-order valence-electron chi connectivity index (χ0n) is 17.7. The highest BCUT2D eigenvalue weighted by Gasteiger charge is 2.18. The Labute approximate surface area is 199 Å².